The topological polar surface area (TPSA) is 54.4 Å². The summed E-state index contributed by atoms with van der Waals surface area (Å²) in [5.41, 5.74) is 0. The van der Waals surface area contributed by atoms with Crippen LogP contribution in [-0.2, 0) is 10.1 Å². The molecule has 0 bridgehead atoms. The third-order valence-corrected chi connectivity index (χ3v) is 4.32. The molecule has 0 spiro atoms. The predicted molar refractivity (Wildman–Crippen MR) is 64.3 cm³/mol. The summed E-state index contributed by atoms with van der Waals surface area (Å²) >= 11 is 0. The van der Waals surface area contributed by atoms with Gasteiger partial charge in [0, 0.05) is 0 Å². The van der Waals surface area contributed by atoms with Crippen molar-refractivity contribution in [3.05, 3.63) is 0 Å². The van der Waals surface area contributed by atoms with Crippen LogP contribution in [0.5, 0.6) is 0 Å². The van der Waals surface area contributed by atoms with E-state index >= 15 is 0 Å². The molecule has 0 aromatic carbocycles. The molecule has 0 aromatic rings. The van der Waals surface area contributed by atoms with Gasteiger partial charge in [-0.3, -0.25) is 4.55 Å². The predicted octanol–water partition coefficient (Wildman–Crippen LogP) is 4.83. The first-order valence-corrected chi connectivity index (χ1v) is 7.75. The second-order valence-corrected chi connectivity index (χ2v) is 6.97. The Kier molecular flexibility index (Phi) is 8.76. The Morgan fingerprint density at radius 1 is 0.394 bits per heavy atom. The third-order valence-electron chi connectivity index (χ3n) is 3.41. The van der Waals surface area contributed by atoms with E-state index in [4.69, 9.17) is 4.55 Å². The average molecular weight is 574 g/mol. The summed E-state index contributed by atoms with van der Waals surface area (Å²) in [6, 6.07) is 0. The van der Waals surface area contributed by atoms with Gasteiger partial charge in [0.05, 0.1) is 0 Å². The number of hydrogen-bond donors (Lipinski definition) is 1. The third kappa shape index (κ3) is 4.26. The Labute approximate surface area is 189 Å². The molecule has 0 saturated carbocycles. The molecular formula is C9H2F19NaO3S. The Hall–Kier alpha value is -0.420. The summed E-state index contributed by atoms with van der Waals surface area (Å²) in [4.78, 5) is 0. The first-order chi connectivity index (χ1) is 13.2. The van der Waals surface area contributed by atoms with Gasteiger partial charge in [-0.2, -0.15) is 91.8 Å². The van der Waals surface area contributed by atoms with Gasteiger partial charge in [0.15, 0.2) is 0 Å². The Bertz CT molecular complexity index is 828. The summed E-state index contributed by atoms with van der Waals surface area (Å²) < 4.78 is 270. The fourth-order valence-corrected chi connectivity index (χ4v) is 1.96. The van der Waals surface area contributed by atoms with Gasteiger partial charge < -0.3 is 0 Å². The van der Waals surface area contributed by atoms with Crippen LogP contribution in [0.1, 0.15) is 0 Å². The average Bonchev–Trinajstić information content (AvgIpc) is 2.51. The standard InChI is InChI=1S/C9HF19O3S.Na.H/c10-1(11,2(12,13)4(16,17)6(20,21)8(24,25)26)3(14,15)5(18,19)7(22,23)9(27,28)32(29,30)31;;/h(H,29,30,31);;. The number of rotatable bonds is 8. The van der Waals surface area contributed by atoms with E-state index in [1.54, 1.807) is 0 Å². The van der Waals surface area contributed by atoms with Gasteiger partial charge in [-0.15, -0.1) is 0 Å². The van der Waals surface area contributed by atoms with Crippen LogP contribution >= 0.6 is 0 Å². The summed E-state index contributed by atoms with van der Waals surface area (Å²) in [6.07, 6.45) is -7.99. The molecule has 3 nitrogen and oxygen atoms in total. The molecule has 0 fully saturated rings. The van der Waals surface area contributed by atoms with E-state index in [9.17, 15) is 91.8 Å². The van der Waals surface area contributed by atoms with Gasteiger partial charge in [0.2, 0.25) is 0 Å². The van der Waals surface area contributed by atoms with Gasteiger partial charge in [-0.05, 0) is 0 Å². The molecule has 0 aromatic heterocycles. The van der Waals surface area contributed by atoms with Gasteiger partial charge in [-0.25, -0.2) is 0 Å². The van der Waals surface area contributed by atoms with Crippen LogP contribution in [0.4, 0.5) is 83.4 Å². The van der Waals surface area contributed by atoms with Gasteiger partial charge in [0.25, 0.3) is 0 Å². The van der Waals surface area contributed by atoms with Gasteiger partial charge in [-0.1, -0.05) is 0 Å². The molecule has 0 saturated heterocycles. The van der Waals surface area contributed by atoms with Crippen molar-refractivity contribution in [3.8, 4) is 0 Å². The van der Waals surface area contributed by atoms with Crippen LogP contribution in [0.2, 0.25) is 0 Å². The molecule has 0 amide bonds. The molecule has 0 aliphatic rings. The Balaban J connectivity index is 0. The van der Waals surface area contributed by atoms with Crippen molar-refractivity contribution < 1.29 is 96.4 Å². The molecule has 0 unspecified atom stereocenters. The zero-order valence-electron chi connectivity index (χ0n) is 13.4. The number of halogens is 19. The number of hydrogen-bond acceptors (Lipinski definition) is 2. The molecule has 0 heterocycles. The fraction of sp³-hybridized carbons (Fsp3) is 1.00. The van der Waals surface area contributed by atoms with Crippen molar-refractivity contribution in [2.45, 2.75) is 52.9 Å². The van der Waals surface area contributed by atoms with Gasteiger partial charge in [0.1, 0.15) is 0 Å². The van der Waals surface area contributed by atoms with E-state index < -0.39 is 63.0 Å². The maximum absolute atomic E-state index is 13.2. The Morgan fingerprint density at radius 2 is 0.576 bits per heavy atom. The molecule has 0 aliphatic carbocycles. The van der Waals surface area contributed by atoms with Crippen LogP contribution in [0.3, 0.4) is 0 Å². The molecular weight excluding hydrogens is 572 g/mol. The molecule has 0 rings (SSSR count). The van der Waals surface area contributed by atoms with Crippen LogP contribution in [0.15, 0.2) is 0 Å². The molecule has 1 N–H and O–H groups in total. The summed E-state index contributed by atoms with van der Waals surface area (Å²) in [5.74, 6) is -62.2. The minimum atomic E-state index is -9.15. The molecule has 0 radical (unpaired) electrons. The van der Waals surface area contributed by atoms with Crippen molar-refractivity contribution in [2.24, 2.45) is 0 Å². The minimum absolute atomic E-state index is 0. The molecule has 196 valence electrons. The van der Waals surface area contributed by atoms with Crippen LogP contribution in [-0.4, -0.2) is 95.4 Å². The number of alkyl halides is 19. The van der Waals surface area contributed by atoms with E-state index in [-0.39, 0.29) is 29.6 Å². The SMILES string of the molecule is O=S(=O)(O)C(F)(F)C(F)(F)C(F)(F)C(F)(F)C(F)(F)C(F)(F)C(F)(F)C(F)(F)C(F)(F)F.[NaH]. The zero-order valence-corrected chi connectivity index (χ0v) is 14.2. The summed E-state index contributed by atoms with van der Waals surface area (Å²) in [6.45, 7) is 0. The van der Waals surface area contributed by atoms with Gasteiger partial charge >= 0.3 is 92.6 Å². The van der Waals surface area contributed by atoms with E-state index in [0.29, 0.717) is 0 Å². The van der Waals surface area contributed by atoms with Crippen LogP contribution in [0.25, 0.3) is 0 Å². The van der Waals surface area contributed by atoms with E-state index in [2.05, 4.69) is 0 Å². The Morgan fingerprint density at radius 3 is 0.758 bits per heavy atom. The van der Waals surface area contributed by atoms with Crippen molar-refractivity contribution in [1.29, 1.82) is 0 Å². The molecule has 24 heteroatoms. The first kappa shape index (κ1) is 34.7. The van der Waals surface area contributed by atoms with Crippen molar-refractivity contribution >= 4 is 39.7 Å². The first-order valence-electron chi connectivity index (χ1n) is 6.31. The van der Waals surface area contributed by atoms with Crippen molar-refractivity contribution in [3.63, 3.8) is 0 Å². The normalized spacial score (nSPS) is 16.5. The second kappa shape index (κ2) is 8.32. The summed E-state index contributed by atoms with van der Waals surface area (Å²) in [5, 5.41) is -7.96. The maximum atomic E-state index is 13.2. The zero-order chi connectivity index (χ0) is 27.0. The van der Waals surface area contributed by atoms with E-state index in [0.717, 1.165) is 0 Å². The molecule has 33 heavy (non-hydrogen) atoms. The second-order valence-electron chi connectivity index (χ2n) is 5.51. The molecule has 0 aliphatic heterocycles. The fourth-order valence-electron chi connectivity index (χ4n) is 1.51. The summed E-state index contributed by atoms with van der Waals surface area (Å²) in [7, 11) is -8.00. The molecule has 0 atom stereocenters. The monoisotopic (exact) mass is 574 g/mol. The van der Waals surface area contributed by atoms with E-state index in [1.807, 2.05) is 0 Å². The van der Waals surface area contributed by atoms with Crippen molar-refractivity contribution in [2.75, 3.05) is 0 Å². The van der Waals surface area contributed by atoms with Crippen molar-refractivity contribution in [1.82, 2.24) is 0 Å². The quantitative estimate of drug-likeness (QED) is 0.257. The van der Waals surface area contributed by atoms with E-state index in [1.165, 1.54) is 0 Å². The van der Waals surface area contributed by atoms with Crippen LogP contribution in [0, 0.1) is 0 Å². The van der Waals surface area contributed by atoms with Crippen LogP contribution < -0.4 is 0 Å².